The molecule has 1 nitrogen and oxygen atoms in total. The number of rotatable bonds is 1. The highest BCUT2D eigenvalue weighted by Crippen LogP contribution is 2.49. The van der Waals surface area contributed by atoms with E-state index in [9.17, 15) is 0 Å². The monoisotopic (exact) mass is 152 g/mol. The molecule has 1 aliphatic heterocycles. The summed E-state index contributed by atoms with van der Waals surface area (Å²) in [7, 11) is 0. The first-order valence-corrected chi connectivity index (χ1v) is 4.58. The normalized spacial score (nSPS) is 43.5. The molecular weight excluding hydrogens is 136 g/mol. The Hall–Kier alpha value is -0.300. The topological polar surface area (TPSA) is 9.23 Å². The van der Waals surface area contributed by atoms with Crippen LogP contribution in [-0.4, -0.2) is 13.2 Å². The predicted molar refractivity (Wildman–Crippen MR) is 45.4 cm³/mol. The maximum Gasteiger partial charge on any atom is 0.0528 e. The van der Waals surface area contributed by atoms with Crippen molar-refractivity contribution in [3.63, 3.8) is 0 Å². The van der Waals surface area contributed by atoms with Crippen LogP contribution in [0.25, 0.3) is 0 Å². The van der Waals surface area contributed by atoms with Gasteiger partial charge in [0.15, 0.2) is 0 Å². The Morgan fingerprint density at radius 3 is 3.00 bits per heavy atom. The summed E-state index contributed by atoms with van der Waals surface area (Å²) in [5.41, 5.74) is 0.516. The van der Waals surface area contributed by atoms with Gasteiger partial charge in [0.2, 0.25) is 0 Å². The highest BCUT2D eigenvalue weighted by atomic mass is 16.5. The van der Waals surface area contributed by atoms with Crippen molar-refractivity contribution in [2.45, 2.75) is 25.7 Å². The van der Waals surface area contributed by atoms with Crippen LogP contribution in [0.15, 0.2) is 12.7 Å². The molecular formula is C10H16O. The standard InChI is InChI=1S/C10H16O/c1-2-9-4-3-5-10(9)6-7-11-8-10/h2,9H,1,3-8H2. The van der Waals surface area contributed by atoms with Crippen molar-refractivity contribution < 1.29 is 4.74 Å². The van der Waals surface area contributed by atoms with E-state index in [-0.39, 0.29) is 0 Å². The third-order valence-corrected chi connectivity index (χ3v) is 3.39. The SMILES string of the molecule is C=CC1CCCC12CCOC2. The molecule has 62 valence electrons. The van der Waals surface area contributed by atoms with E-state index in [0.717, 1.165) is 19.1 Å². The molecule has 0 radical (unpaired) electrons. The van der Waals surface area contributed by atoms with E-state index >= 15 is 0 Å². The van der Waals surface area contributed by atoms with Gasteiger partial charge in [-0.2, -0.15) is 0 Å². The Kier molecular flexibility index (Phi) is 1.76. The molecule has 0 aromatic carbocycles. The van der Waals surface area contributed by atoms with E-state index in [1.807, 2.05) is 0 Å². The fourth-order valence-electron chi connectivity index (χ4n) is 2.65. The summed E-state index contributed by atoms with van der Waals surface area (Å²) in [4.78, 5) is 0. The fraction of sp³-hybridized carbons (Fsp3) is 0.800. The zero-order valence-corrected chi connectivity index (χ0v) is 7.01. The Morgan fingerprint density at radius 2 is 2.36 bits per heavy atom. The second-order valence-electron chi connectivity index (χ2n) is 3.90. The average Bonchev–Trinajstić information content (AvgIpc) is 2.62. The van der Waals surface area contributed by atoms with Crippen LogP contribution in [0.2, 0.25) is 0 Å². The lowest BCUT2D eigenvalue weighted by Crippen LogP contribution is -2.24. The molecule has 2 fully saturated rings. The van der Waals surface area contributed by atoms with Crippen molar-refractivity contribution in [1.82, 2.24) is 0 Å². The van der Waals surface area contributed by atoms with Crippen LogP contribution >= 0.6 is 0 Å². The zero-order chi connectivity index (χ0) is 7.73. The minimum atomic E-state index is 0.516. The Labute approximate surface area is 68.4 Å². The highest BCUT2D eigenvalue weighted by molar-refractivity contribution is 5.01. The van der Waals surface area contributed by atoms with Gasteiger partial charge in [-0.05, 0) is 25.2 Å². The maximum atomic E-state index is 5.47. The smallest absolute Gasteiger partial charge is 0.0528 e. The van der Waals surface area contributed by atoms with E-state index in [1.165, 1.54) is 25.7 Å². The molecule has 1 heterocycles. The van der Waals surface area contributed by atoms with Gasteiger partial charge >= 0.3 is 0 Å². The van der Waals surface area contributed by atoms with Gasteiger partial charge in [0.1, 0.15) is 0 Å². The molecule has 1 saturated carbocycles. The van der Waals surface area contributed by atoms with E-state index in [2.05, 4.69) is 12.7 Å². The van der Waals surface area contributed by atoms with E-state index in [4.69, 9.17) is 4.74 Å². The molecule has 0 bridgehead atoms. The molecule has 0 amide bonds. The van der Waals surface area contributed by atoms with Crippen molar-refractivity contribution in [1.29, 1.82) is 0 Å². The predicted octanol–water partition coefficient (Wildman–Crippen LogP) is 2.38. The van der Waals surface area contributed by atoms with Crippen LogP contribution in [0, 0.1) is 11.3 Å². The van der Waals surface area contributed by atoms with Gasteiger partial charge in [0, 0.05) is 12.0 Å². The highest BCUT2D eigenvalue weighted by Gasteiger charge is 2.43. The van der Waals surface area contributed by atoms with Crippen LogP contribution in [0.5, 0.6) is 0 Å². The van der Waals surface area contributed by atoms with Gasteiger partial charge in [-0.25, -0.2) is 0 Å². The molecule has 2 unspecified atom stereocenters. The fourth-order valence-corrected chi connectivity index (χ4v) is 2.65. The van der Waals surface area contributed by atoms with Crippen molar-refractivity contribution in [3.05, 3.63) is 12.7 Å². The van der Waals surface area contributed by atoms with Crippen molar-refractivity contribution in [2.24, 2.45) is 11.3 Å². The summed E-state index contributed by atoms with van der Waals surface area (Å²) in [5.74, 6) is 0.741. The van der Waals surface area contributed by atoms with Gasteiger partial charge in [0.05, 0.1) is 6.61 Å². The van der Waals surface area contributed by atoms with Gasteiger partial charge in [-0.1, -0.05) is 12.5 Å². The zero-order valence-electron chi connectivity index (χ0n) is 7.01. The van der Waals surface area contributed by atoms with Gasteiger partial charge in [0.25, 0.3) is 0 Å². The third-order valence-electron chi connectivity index (χ3n) is 3.39. The molecule has 1 heteroatoms. The van der Waals surface area contributed by atoms with Crippen LogP contribution in [0.1, 0.15) is 25.7 Å². The lowest BCUT2D eigenvalue weighted by atomic mass is 9.77. The Balaban J connectivity index is 2.15. The van der Waals surface area contributed by atoms with Gasteiger partial charge < -0.3 is 4.74 Å². The second-order valence-corrected chi connectivity index (χ2v) is 3.90. The largest absolute Gasteiger partial charge is 0.381 e. The van der Waals surface area contributed by atoms with Gasteiger partial charge in [-0.15, -0.1) is 6.58 Å². The summed E-state index contributed by atoms with van der Waals surface area (Å²) < 4.78 is 5.47. The molecule has 2 rings (SSSR count). The molecule has 11 heavy (non-hydrogen) atoms. The molecule has 0 N–H and O–H groups in total. The van der Waals surface area contributed by atoms with Gasteiger partial charge in [-0.3, -0.25) is 0 Å². The number of hydrogen-bond acceptors (Lipinski definition) is 1. The van der Waals surface area contributed by atoms with E-state index < -0.39 is 0 Å². The summed E-state index contributed by atoms with van der Waals surface area (Å²) in [6.07, 6.45) is 7.49. The maximum absolute atomic E-state index is 5.47. The first-order valence-electron chi connectivity index (χ1n) is 4.58. The van der Waals surface area contributed by atoms with Crippen molar-refractivity contribution in [3.8, 4) is 0 Å². The molecule has 1 saturated heterocycles. The van der Waals surface area contributed by atoms with Crippen LogP contribution < -0.4 is 0 Å². The van der Waals surface area contributed by atoms with Crippen LogP contribution in [0.3, 0.4) is 0 Å². The molecule has 0 aromatic heterocycles. The molecule has 0 aromatic rings. The van der Waals surface area contributed by atoms with Crippen LogP contribution in [0.4, 0.5) is 0 Å². The summed E-state index contributed by atoms with van der Waals surface area (Å²) >= 11 is 0. The number of ether oxygens (including phenoxy) is 1. The third kappa shape index (κ3) is 1.02. The molecule has 1 aliphatic carbocycles. The molecule has 1 spiro atoms. The summed E-state index contributed by atoms with van der Waals surface area (Å²) in [5, 5.41) is 0. The minimum absolute atomic E-state index is 0.516. The summed E-state index contributed by atoms with van der Waals surface area (Å²) in [6, 6.07) is 0. The lowest BCUT2D eigenvalue weighted by Gasteiger charge is -2.26. The Bertz CT molecular complexity index is 151. The van der Waals surface area contributed by atoms with E-state index in [0.29, 0.717) is 5.41 Å². The first kappa shape index (κ1) is 7.35. The minimum Gasteiger partial charge on any atom is -0.381 e. The Morgan fingerprint density at radius 1 is 1.45 bits per heavy atom. The lowest BCUT2D eigenvalue weighted by molar-refractivity contribution is 0.138. The van der Waals surface area contributed by atoms with Crippen molar-refractivity contribution >= 4 is 0 Å². The van der Waals surface area contributed by atoms with E-state index in [1.54, 1.807) is 0 Å². The quantitative estimate of drug-likeness (QED) is 0.524. The summed E-state index contributed by atoms with van der Waals surface area (Å²) in [6.45, 7) is 5.87. The molecule has 2 aliphatic rings. The van der Waals surface area contributed by atoms with Crippen LogP contribution in [-0.2, 0) is 4.74 Å². The first-order chi connectivity index (χ1) is 5.37. The average molecular weight is 152 g/mol. The number of allylic oxidation sites excluding steroid dienone is 1. The second kappa shape index (κ2) is 2.63. The number of hydrogen-bond donors (Lipinski definition) is 0. The molecule has 2 atom stereocenters. The van der Waals surface area contributed by atoms with Crippen molar-refractivity contribution in [2.75, 3.05) is 13.2 Å².